The molecule has 0 bridgehead atoms. The molecule has 0 amide bonds. The Labute approximate surface area is 60.2 Å². The molecule has 0 aliphatic heterocycles. The van der Waals surface area contributed by atoms with Crippen molar-refractivity contribution < 1.29 is 14.7 Å². The fourth-order valence-corrected chi connectivity index (χ4v) is 0.301. The summed E-state index contributed by atoms with van der Waals surface area (Å²) in [6, 6.07) is 0. The molecule has 0 aromatic carbocycles. The van der Waals surface area contributed by atoms with Gasteiger partial charge in [-0.2, -0.15) is 0 Å². The van der Waals surface area contributed by atoms with Crippen molar-refractivity contribution in [1.82, 2.24) is 5.32 Å². The predicted octanol–water partition coefficient (Wildman–Crippen LogP) is -0.114. The highest BCUT2D eigenvalue weighted by molar-refractivity contribution is 5.75. The first-order valence-corrected chi connectivity index (χ1v) is 2.91. The molecule has 0 aromatic rings. The molecule has 0 radical (unpaired) electrons. The summed E-state index contributed by atoms with van der Waals surface area (Å²) in [4.78, 5) is 18.5. The summed E-state index contributed by atoms with van der Waals surface area (Å²) in [7, 11) is 1.84. The second-order valence-corrected chi connectivity index (χ2v) is 1.66. The lowest BCUT2D eigenvalue weighted by Gasteiger charge is -1.89. The Morgan fingerprint density at radius 2 is 2.10 bits per heavy atom. The second-order valence-electron chi connectivity index (χ2n) is 1.66. The molecule has 4 heteroatoms. The van der Waals surface area contributed by atoms with Crippen LogP contribution in [0.5, 0.6) is 0 Å². The normalized spacial score (nSPS) is 7.40. The molecule has 0 heterocycles. The number of carboxylic acid groups (broad SMARTS) is 1. The molecule has 60 valence electrons. The number of carbonyl (C=O) groups is 2. The van der Waals surface area contributed by atoms with Crippen LogP contribution in [0, 0.1) is 0 Å². The molecule has 0 aliphatic carbocycles. The zero-order valence-electron chi connectivity index (χ0n) is 6.26. The highest BCUT2D eigenvalue weighted by Crippen LogP contribution is 1.74. The van der Waals surface area contributed by atoms with Crippen molar-refractivity contribution in [2.45, 2.75) is 13.3 Å². The number of hydrogen-bond donors (Lipinski definition) is 2. The van der Waals surface area contributed by atoms with Crippen LogP contribution in [0.1, 0.15) is 13.3 Å². The van der Waals surface area contributed by atoms with Gasteiger partial charge in [-0.15, -0.1) is 0 Å². The zero-order valence-corrected chi connectivity index (χ0v) is 6.26. The SMILES string of the molecule is CNCCC(C)=O.O=CO. The highest BCUT2D eigenvalue weighted by Gasteiger charge is 1.86. The van der Waals surface area contributed by atoms with E-state index in [0.29, 0.717) is 6.42 Å². The molecule has 10 heavy (non-hydrogen) atoms. The van der Waals surface area contributed by atoms with E-state index in [-0.39, 0.29) is 12.3 Å². The fourth-order valence-electron chi connectivity index (χ4n) is 0.301. The van der Waals surface area contributed by atoms with E-state index >= 15 is 0 Å². The van der Waals surface area contributed by atoms with Gasteiger partial charge in [0.15, 0.2) is 0 Å². The first-order chi connectivity index (χ1) is 4.68. The predicted molar refractivity (Wildman–Crippen MR) is 37.9 cm³/mol. The van der Waals surface area contributed by atoms with Gasteiger partial charge >= 0.3 is 0 Å². The number of hydrogen-bond acceptors (Lipinski definition) is 3. The van der Waals surface area contributed by atoms with Gasteiger partial charge in [-0.05, 0) is 14.0 Å². The molecule has 0 saturated carbocycles. The van der Waals surface area contributed by atoms with Crippen LogP contribution in [-0.2, 0) is 9.59 Å². The van der Waals surface area contributed by atoms with Gasteiger partial charge in [-0.1, -0.05) is 0 Å². The van der Waals surface area contributed by atoms with E-state index < -0.39 is 0 Å². The Balaban J connectivity index is 0. The molecule has 0 rings (SSSR count). The molecule has 0 aliphatic rings. The fraction of sp³-hybridized carbons (Fsp3) is 0.667. The van der Waals surface area contributed by atoms with E-state index in [9.17, 15) is 4.79 Å². The Bertz CT molecular complexity index is 93.0. The van der Waals surface area contributed by atoms with E-state index in [0.717, 1.165) is 6.54 Å². The first-order valence-electron chi connectivity index (χ1n) is 2.91. The average molecular weight is 147 g/mol. The summed E-state index contributed by atoms with van der Waals surface area (Å²) in [5, 5.41) is 9.77. The molecule has 0 saturated heterocycles. The summed E-state index contributed by atoms with van der Waals surface area (Å²) in [6.45, 7) is 2.15. The van der Waals surface area contributed by atoms with Gasteiger partial charge in [0.1, 0.15) is 5.78 Å². The average Bonchev–Trinajstić information content (AvgIpc) is 1.85. The Hall–Kier alpha value is -0.900. The van der Waals surface area contributed by atoms with Crippen LogP contribution in [0.15, 0.2) is 0 Å². The van der Waals surface area contributed by atoms with Gasteiger partial charge in [0, 0.05) is 13.0 Å². The number of rotatable bonds is 3. The van der Waals surface area contributed by atoms with Crippen LogP contribution in [0.3, 0.4) is 0 Å². The molecular formula is C6H13NO3. The summed E-state index contributed by atoms with van der Waals surface area (Å²) in [5.41, 5.74) is 0. The molecular weight excluding hydrogens is 134 g/mol. The Morgan fingerprint density at radius 1 is 1.70 bits per heavy atom. The second kappa shape index (κ2) is 11.0. The highest BCUT2D eigenvalue weighted by atomic mass is 16.3. The zero-order chi connectivity index (χ0) is 8.41. The van der Waals surface area contributed by atoms with E-state index in [4.69, 9.17) is 9.90 Å². The topological polar surface area (TPSA) is 66.4 Å². The van der Waals surface area contributed by atoms with E-state index in [1.165, 1.54) is 0 Å². The third kappa shape index (κ3) is 27.5. The monoisotopic (exact) mass is 147 g/mol. The Kier molecular flexibility index (Phi) is 13.0. The van der Waals surface area contributed by atoms with E-state index in [1.807, 2.05) is 7.05 Å². The quantitative estimate of drug-likeness (QED) is 0.546. The van der Waals surface area contributed by atoms with Crippen molar-refractivity contribution >= 4 is 12.3 Å². The third-order valence-corrected chi connectivity index (χ3v) is 0.727. The van der Waals surface area contributed by atoms with Crippen molar-refractivity contribution in [3.63, 3.8) is 0 Å². The number of ketones is 1. The minimum absolute atomic E-state index is 0.245. The van der Waals surface area contributed by atoms with Crippen LogP contribution in [0.25, 0.3) is 0 Å². The van der Waals surface area contributed by atoms with Crippen LogP contribution >= 0.6 is 0 Å². The standard InChI is InChI=1S/C5H11NO.CH2O2/c1-5(7)3-4-6-2;2-1-3/h6H,3-4H2,1-2H3;1H,(H,2,3). The van der Waals surface area contributed by atoms with Crippen LogP contribution < -0.4 is 5.32 Å². The maximum Gasteiger partial charge on any atom is 0.290 e. The van der Waals surface area contributed by atoms with Crippen molar-refractivity contribution in [2.75, 3.05) is 13.6 Å². The maximum absolute atomic E-state index is 10.2. The number of Topliss-reactive ketones (excluding diaryl/α,β-unsaturated/α-hetero) is 1. The lowest BCUT2D eigenvalue weighted by molar-refractivity contribution is -0.123. The van der Waals surface area contributed by atoms with Gasteiger partial charge in [0.2, 0.25) is 0 Å². The molecule has 0 aromatic heterocycles. The molecule has 2 N–H and O–H groups in total. The van der Waals surface area contributed by atoms with Crippen molar-refractivity contribution in [1.29, 1.82) is 0 Å². The van der Waals surface area contributed by atoms with E-state index in [1.54, 1.807) is 6.92 Å². The lowest BCUT2D eigenvalue weighted by atomic mass is 10.3. The molecule has 4 nitrogen and oxygen atoms in total. The van der Waals surface area contributed by atoms with Gasteiger partial charge in [-0.25, -0.2) is 0 Å². The van der Waals surface area contributed by atoms with Gasteiger partial charge < -0.3 is 10.4 Å². The largest absolute Gasteiger partial charge is 0.483 e. The van der Waals surface area contributed by atoms with Gasteiger partial charge in [0.05, 0.1) is 0 Å². The molecule has 0 spiro atoms. The van der Waals surface area contributed by atoms with Crippen LogP contribution in [0.2, 0.25) is 0 Å². The van der Waals surface area contributed by atoms with Crippen LogP contribution in [-0.4, -0.2) is 31.0 Å². The molecule has 0 atom stereocenters. The third-order valence-electron chi connectivity index (χ3n) is 0.727. The number of carbonyl (C=O) groups excluding carboxylic acids is 1. The summed E-state index contributed by atoms with van der Waals surface area (Å²) < 4.78 is 0. The lowest BCUT2D eigenvalue weighted by Crippen LogP contribution is -2.10. The Morgan fingerprint density at radius 3 is 2.20 bits per heavy atom. The molecule has 0 unspecified atom stereocenters. The van der Waals surface area contributed by atoms with Crippen LogP contribution in [0.4, 0.5) is 0 Å². The maximum atomic E-state index is 10.2. The van der Waals surface area contributed by atoms with Crippen molar-refractivity contribution in [2.24, 2.45) is 0 Å². The number of nitrogens with one attached hydrogen (secondary N) is 1. The first kappa shape index (κ1) is 11.8. The minimum atomic E-state index is -0.250. The van der Waals surface area contributed by atoms with Gasteiger partial charge in [0.25, 0.3) is 6.47 Å². The van der Waals surface area contributed by atoms with E-state index in [2.05, 4.69) is 5.32 Å². The smallest absolute Gasteiger partial charge is 0.290 e. The van der Waals surface area contributed by atoms with Crippen molar-refractivity contribution in [3.8, 4) is 0 Å². The van der Waals surface area contributed by atoms with Crippen molar-refractivity contribution in [3.05, 3.63) is 0 Å². The molecule has 0 fully saturated rings. The summed E-state index contributed by atoms with van der Waals surface area (Å²) in [5.74, 6) is 0.245. The summed E-state index contributed by atoms with van der Waals surface area (Å²) >= 11 is 0. The minimum Gasteiger partial charge on any atom is -0.483 e. The van der Waals surface area contributed by atoms with Gasteiger partial charge in [-0.3, -0.25) is 9.59 Å². The summed E-state index contributed by atoms with van der Waals surface area (Å²) in [6.07, 6.45) is 0.649.